The normalized spacial score (nSPS) is 11.5. The number of rotatable bonds is 6. The number of nitrogens with one attached hydrogen (secondary N) is 1. The Morgan fingerprint density at radius 2 is 1.90 bits per heavy atom. The van der Waals surface area contributed by atoms with Crippen LogP contribution in [0.5, 0.6) is 0 Å². The van der Waals surface area contributed by atoms with Crippen LogP contribution in [-0.2, 0) is 21.2 Å². The molecule has 0 unspecified atom stereocenters. The lowest BCUT2D eigenvalue weighted by Crippen LogP contribution is -2.15. The zero-order chi connectivity index (χ0) is 22.2. The van der Waals surface area contributed by atoms with Crippen LogP contribution in [0.2, 0.25) is 0 Å². The van der Waals surface area contributed by atoms with Gasteiger partial charge in [-0.15, -0.1) is 0 Å². The minimum atomic E-state index is -4.07. The van der Waals surface area contributed by atoms with Crippen LogP contribution >= 0.6 is 0 Å². The number of halogens is 1. The minimum absolute atomic E-state index is 0.00642. The van der Waals surface area contributed by atoms with Gasteiger partial charge in [0.25, 0.3) is 10.0 Å². The van der Waals surface area contributed by atoms with E-state index in [0.717, 1.165) is 16.1 Å². The average Bonchev–Trinajstić information content (AvgIpc) is 3.00. The first kappa shape index (κ1) is 20.5. The molecule has 2 aromatic heterocycles. The van der Waals surface area contributed by atoms with E-state index in [-0.39, 0.29) is 27.1 Å². The minimum Gasteiger partial charge on any atom is -0.481 e. The van der Waals surface area contributed by atoms with Gasteiger partial charge >= 0.3 is 5.97 Å². The first-order valence-corrected chi connectivity index (χ1v) is 10.6. The number of aromatic nitrogens is 3. The first-order chi connectivity index (χ1) is 14.8. The molecule has 2 heterocycles. The predicted octanol–water partition coefficient (Wildman–Crippen LogP) is 3.49. The monoisotopic (exact) mass is 440 g/mol. The summed E-state index contributed by atoms with van der Waals surface area (Å²) in [6, 6.07) is 11.4. The molecule has 0 amide bonds. The molecule has 0 fully saturated rings. The van der Waals surface area contributed by atoms with E-state index < -0.39 is 28.2 Å². The Morgan fingerprint density at radius 1 is 1.16 bits per heavy atom. The van der Waals surface area contributed by atoms with Gasteiger partial charge in [-0.25, -0.2) is 26.7 Å². The molecule has 0 bridgehead atoms. The van der Waals surface area contributed by atoms with Gasteiger partial charge in [-0.2, -0.15) is 0 Å². The van der Waals surface area contributed by atoms with Crippen molar-refractivity contribution in [2.24, 2.45) is 0 Å². The van der Waals surface area contributed by atoms with Gasteiger partial charge in [-0.3, -0.25) is 4.79 Å². The van der Waals surface area contributed by atoms with Crippen LogP contribution in [0, 0.1) is 12.7 Å². The van der Waals surface area contributed by atoms with Gasteiger partial charge in [0.2, 0.25) is 0 Å². The standard InChI is InChI=1S/C21H17FN4O4S/c1-13-17(11-21(27)28)18-10-14(22)2-7-19(18)26(13)31(29,30)16-5-3-15(4-6-16)25-20-8-9-23-12-24-20/h2-10,12H,11H2,1H3,(H,27,28)(H,23,24,25). The van der Waals surface area contributed by atoms with Crippen molar-refractivity contribution in [3.05, 3.63) is 78.1 Å². The van der Waals surface area contributed by atoms with Crippen LogP contribution in [0.15, 0.2) is 66.0 Å². The van der Waals surface area contributed by atoms with E-state index in [1.165, 1.54) is 31.5 Å². The molecule has 158 valence electrons. The SMILES string of the molecule is Cc1c(CC(=O)O)c2cc(F)ccc2n1S(=O)(=O)c1ccc(Nc2ccncn2)cc1. The average molecular weight is 440 g/mol. The van der Waals surface area contributed by atoms with Crippen molar-refractivity contribution in [3.8, 4) is 0 Å². The fourth-order valence-corrected chi connectivity index (χ4v) is 5.02. The third-order valence-corrected chi connectivity index (χ3v) is 6.64. The molecule has 10 heteroatoms. The Morgan fingerprint density at radius 3 is 2.55 bits per heavy atom. The zero-order valence-corrected chi connectivity index (χ0v) is 17.1. The van der Waals surface area contributed by atoms with E-state index in [2.05, 4.69) is 15.3 Å². The molecule has 2 N–H and O–H groups in total. The molecule has 0 aliphatic carbocycles. The highest BCUT2D eigenvalue weighted by Gasteiger charge is 2.26. The molecule has 0 saturated carbocycles. The van der Waals surface area contributed by atoms with Gasteiger partial charge in [-0.1, -0.05) is 0 Å². The third-order valence-electron chi connectivity index (χ3n) is 4.82. The molecule has 8 nitrogen and oxygen atoms in total. The Hall–Kier alpha value is -3.79. The van der Waals surface area contributed by atoms with Crippen molar-refractivity contribution < 1.29 is 22.7 Å². The van der Waals surface area contributed by atoms with E-state index in [1.54, 1.807) is 24.4 Å². The number of nitrogens with zero attached hydrogens (tertiary/aromatic N) is 3. The fourth-order valence-electron chi connectivity index (χ4n) is 3.44. The number of carbonyl (C=O) groups is 1. The Bertz CT molecular complexity index is 1380. The zero-order valence-electron chi connectivity index (χ0n) is 16.3. The first-order valence-electron chi connectivity index (χ1n) is 9.17. The van der Waals surface area contributed by atoms with Crippen LogP contribution in [0.4, 0.5) is 15.9 Å². The molecule has 2 aromatic carbocycles. The lowest BCUT2D eigenvalue weighted by Gasteiger charge is -2.11. The molecule has 0 spiro atoms. The number of benzene rings is 2. The molecule has 0 radical (unpaired) electrons. The van der Waals surface area contributed by atoms with Crippen molar-refractivity contribution in [2.75, 3.05) is 5.32 Å². The van der Waals surface area contributed by atoms with Crippen molar-refractivity contribution in [1.29, 1.82) is 0 Å². The second-order valence-electron chi connectivity index (χ2n) is 6.81. The summed E-state index contributed by atoms with van der Waals surface area (Å²) in [6.07, 6.45) is 2.54. The van der Waals surface area contributed by atoms with E-state index in [4.69, 9.17) is 0 Å². The van der Waals surface area contributed by atoms with Crippen LogP contribution in [0.1, 0.15) is 11.3 Å². The second kappa shape index (κ2) is 7.80. The molecule has 31 heavy (non-hydrogen) atoms. The Kier molecular flexibility index (Phi) is 5.15. The molecular weight excluding hydrogens is 423 g/mol. The second-order valence-corrected chi connectivity index (χ2v) is 8.60. The maximum Gasteiger partial charge on any atom is 0.307 e. The van der Waals surface area contributed by atoms with E-state index >= 15 is 0 Å². The number of fused-ring (bicyclic) bond motifs is 1. The molecule has 4 rings (SSSR count). The summed E-state index contributed by atoms with van der Waals surface area (Å²) in [5.41, 5.74) is 1.33. The van der Waals surface area contributed by atoms with Crippen LogP contribution in [-0.4, -0.2) is 33.4 Å². The number of anilines is 2. The lowest BCUT2D eigenvalue weighted by atomic mass is 10.1. The largest absolute Gasteiger partial charge is 0.481 e. The number of hydrogen-bond acceptors (Lipinski definition) is 6. The summed E-state index contributed by atoms with van der Waals surface area (Å²) < 4.78 is 41.7. The van der Waals surface area contributed by atoms with Crippen LogP contribution < -0.4 is 5.32 Å². The van der Waals surface area contributed by atoms with Gasteiger partial charge in [0.1, 0.15) is 18.0 Å². The van der Waals surface area contributed by atoms with Gasteiger partial charge in [0.05, 0.1) is 16.8 Å². The van der Waals surface area contributed by atoms with Crippen molar-refractivity contribution in [3.63, 3.8) is 0 Å². The summed E-state index contributed by atoms with van der Waals surface area (Å²) in [6.45, 7) is 1.51. The summed E-state index contributed by atoms with van der Waals surface area (Å²) in [4.78, 5) is 19.2. The van der Waals surface area contributed by atoms with Crippen molar-refractivity contribution >= 4 is 38.4 Å². The Labute approximate surface area is 177 Å². The van der Waals surface area contributed by atoms with Gasteiger partial charge in [0.15, 0.2) is 0 Å². The van der Waals surface area contributed by atoms with E-state index in [0.29, 0.717) is 11.5 Å². The number of aliphatic carboxylic acids is 1. The van der Waals surface area contributed by atoms with Gasteiger partial charge in [-0.05, 0) is 61.0 Å². The lowest BCUT2D eigenvalue weighted by molar-refractivity contribution is -0.136. The number of carboxylic acids is 1. The van der Waals surface area contributed by atoms with Crippen molar-refractivity contribution in [1.82, 2.24) is 13.9 Å². The molecule has 0 aliphatic heterocycles. The number of carboxylic acid groups (broad SMARTS) is 1. The predicted molar refractivity (Wildman–Crippen MR) is 112 cm³/mol. The van der Waals surface area contributed by atoms with Gasteiger partial charge < -0.3 is 10.4 Å². The molecule has 0 saturated heterocycles. The maximum absolute atomic E-state index is 13.8. The highest BCUT2D eigenvalue weighted by molar-refractivity contribution is 7.90. The third kappa shape index (κ3) is 3.84. The number of hydrogen-bond donors (Lipinski definition) is 2. The topological polar surface area (TPSA) is 114 Å². The summed E-state index contributed by atoms with van der Waals surface area (Å²) >= 11 is 0. The maximum atomic E-state index is 13.8. The quantitative estimate of drug-likeness (QED) is 0.472. The fraction of sp³-hybridized carbons (Fsp3) is 0.0952. The Balaban J connectivity index is 1.78. The summed E-state index contributed by atoms with van der Waals surface area (Å²) in [5.74, 6) is -1.16. The highest BCUT2D eigenvalue weighted by atomic mass is 32.2. The molecular formula is C21H17FN4O4S. The molecule has 4 aromatic rings. The highest BCUT2D eigenvalue weighted by Crippen LogP contribution is 2.31. The molecule has 0 atom stereocenters. The van der Waals surface area contributed by atoms with Crippen molar-refractivity contribution in [2.45, 2.75) is 18.2 Å². The van der Waals surface area contributed by atoms with E-state index in [9.17, 15) is 22.7 Å². The summed E-state index contributed by atoms with van der Waals surface area (Å²) in [5, 5.41) is 12.5. The van der Waals surface area contributed by atoms with E-state index in [1.807, 2.05) is 0 Å². The van der Waals surface area contributed by atoms with Crippen LogP contribution in [0.3, 0.4) is 0 Å². The summed E-state index contributed by atoms with van der Waals surface area (Å²) in [7, 11) is -4.07. The van der Waals surface area contributed by atoms with Gasteiger partial charge in [0, 0.05) is 23.0 Å². The molecule has 0 aliphatic rings. The smallest absolute Gasteiger partial charge is 0.307 e. The van der Waals surface area contributed by atoms with Crippen LogP contribution in [0.25, 0.3) is 10.9 Å².